The minimum Gasteiger partial charge on any atom is -0.354 e. The monoisotopic (exact) mass is 376 g/mol. The lowest BCUT2D eigenvalue weighted by Gasteiger charge is -2.13. The van der Waals surface area contributed by atoms with Gasteiger partial charge < -0.3 is 10.6 Å². The number of nitrogens with zero attached hydrogens (tertiary/aromatic N) is 2. The molecule has 28 heavy (non-hydrogen) atoms. The normalized spacial score (nSPS) is 10.9. The fraction of sp³-hybridized carbons (Fsp3) is 0.304. The molecule has 0 unspecified atom stereocenters. The summed E-state index contributed by atoms with van der Waals surface area (Å²) in [5, 5.41) is 11.0. The van der Waals surface area contributed by atoms with E-state index in [0.29, 0.717) is 12.3 Å². The lowest BCUT2D eigenvalue weighted by atomic mass is 10.1. The van der Waals surface area contributed by atoms with Crippen LogP contribution >= 0.6 is 0 Å². The number of hydrogen-bond acceptors (Lipinski definition) is 3. The van der Waals surface area contributed by atoms with E-state index >= 15 is 0 Å². The Bertz CT molecular complexity index is 944. The van der Waals surface area contributed by atoms with Crippen molar-refractivity contribution >= 4 is 23.0 Å². The van der Waals surface area contributed by atoms with Gasteiger partial charge in [0.05, 0.1) is 23.5 Å². The van der Waals surface area contributed by atoms with Gasteiger partial charge in [-0.25, -0.2) is 0 Å². The van der Waals surface area contributed by atoms with Crippen molar-refractivity contribution in [2.75, 3.05) is 10.6 Å². The van der Waals surface area contributed by atoms with Gasteiger partial charge in [-0.1, -0.05) is 44.2 Å². The smallest absolute Gasteiger partial charge is 0.228 e. The Balaban J connectivity index is 1.73. The minimum atomic E-state index is -0.0439. The van der Waals surface area contributed by atoms with Gasteiger partial charge in [-0.15, -0.1) is 0 Å². The van der Waals surface area contributed by atoms with E-state index in [1.54, 1.807) is 0 Å². The molecule has 0 aliphatic heterocycles. The van der Waals surface area contributed by atoms with Crippen LogP contribution in [0.2, 0.25) is 0 Å². The zero-order valence-corrected chi connectivity index (χ0v) is 17.0. The average molecular weight is 377 g/mol. The van der Waals surface area contributed by atoms with Crippen LogP contribution in [0.5, 0.6) is 0 Å². The van der Waals surface area contributed by atoms with Crippen LogP contribution in [0.25, 0.3) is 0 Å². The number of para-hydroxylation sites is 3. The van der Waals surface area contributed by atoms with Crippen molar-refractivity contribution in [2.45, 2.75) is 40.7 Å². The van der Waals surface area contributed by atoms with Crippen molar-refractivity contribution in [1.82, 2.24) is 9.78 Å². The first-order valence-corrected chi connectivity index (χ1v) is 9.68. The van der Waals surface area contributed by atoms with Gasteiger partial charge in [-0.2, -0.15) is 5.10 Å². The van der Waals surface area contributed by atoms with E-state index in [1.165, 1.54) is 0 Å². The molecule has 5 nitrogen and oxygen atoms in total. The highest BCUT2D eigenvalue weighted by molar-refractivity contribution is 5.96. The summed E-state index contributed by atoms with van der Waals surface area (Å²) in [5.74, 6) is 0.466. The Morgan fingerprint density at radius 1 is 1.00 bits per heavy atom. The molecule has 146 valence electrons. The van der Waals surface area contributed by atoms with E-state index in [1.807, 2.05) is 73.1 Å². The van der Waals surface area contributed by atoms with Gasteiger partial charge in [-0.3, -0.25) is 9.48 Å². The van der Waals surface area contributed by atoms with Crippen molar-refractivity contribution in [2.24, 2.45) is 5.92 Å². The number of amides is 1. The van der Waals surface area contributed by atoms with Crippen molar-refractivity contribution in [3.05, 3.63) is 71.5 Å². The minimum absolute atomic E-state index is 0.0439. The molecule has 0 saturated heterocycles. The Kier molecular flexibility index (Phi) is 6.14. The Morgan fingerprint density at radius 3 is 2.32 bits per heavy atom. The number of aromatic nitrogens is 2. The number of benzene rings is 2. The average Bonchev–Trinajstić information content (AvgIpc) is 2.91. The first-order valence-electron chi connectivity index (χ1n) is 9.68. The molecule has 0 aliphatic rings. The third-order valence-electron chi connectivity index (χ3n) is 4.66. The summed E-state index contributed by atoms with van der Waals surface area (Å²) in [6, 6.07) is 17.7. The van der Waals surface area contributed by atoms with Crippen LogP contribution in [0.1, 0.15) is 30.8 Å². The lowest BCUT2D eigenvalue weighted by molar-refractivity contribution is -0.115. The largest absolute Gasteiger partial charge is 0.354 e. The fourth-order valence-electron chi connectivity index (χ4n) is 3.25. The molecule has 0 aliphatic carbocycles. The summed E-state index contributed by atoms with van der Waals surface area (Å²) in [5.41, 5.74) is 5.60. The molecule has 0 radical (unpaired) electrons. The Hall–Kier alpha value is -3.08. The van der Waals surface area contributed by atoms with Gasteiger partial charge in [0.2, 0.25) is 5.91 Å². The first-order chi connectivity index (χ1) is 13.4. The second kappa shape index (κ2) is 8.74. The van der Waals surface area contributed by atoms with Crippen LogP contribution in [0.15, 0.2) is 54.6 Å². The fourth-order valence-corrected chi connectivity index (χ4v) is 3.25. The van der Waals surface area contributed by atoms with Gasteiger partial charge >= 0.3 is 0 Å². The molecule has 0 saturated carbocycles. The van der Waals surface area contributed by atoms with Crippen LogP contribution in [-0.2, 0) is 17.8 Å². The summed E-state index contributed by atoms with van der Waals surface area (Å²) in [6.07, 6.45) is 0.315. The third-order valence-corrected chi connectivity index (χ3v) is 4.66. The summed E-state index contributed by atoms with van der Waals surface area (Å²) >= 11 is 0. The van der Waals surface area contributed by atoms with Crippen LogP contribution in [-0.4, -0.2) is 15.7 Å². The summed E-state index contributed by atoms with van der Waals surface area (Å²) < 4.78 is 2.01. The Morgan fingerprint density at radius 2 is 1.64 bits per heavy atom. The molecule has 3 aromatic rings. The summed E-state index contributed by atoms with van der Waals surface area (Å²) in [7, 11) is 0. The number of nitrogens with one attached hydrogen (secondary N) is 2. The number of hydrogen-bond donors (Lipinski definition) is 2. The number of aryl methyl sites for hydroxylation is 1. The molecular weight excluding hydrogens is 348 g/mol. The van der Waals surface area contributed by atoms with Gasteiger partial charge in [0.1, 0.15) is 0 Å². The van der Waals surface area contributed by atoms with Crippen LogP contribution in [0, 0.1) is 19.8 Å². The van der Waals surface area contributed by atoms with E-state index in [2.05, 4.69) is 29.6 Å². The van der Waals surface area contributed by atoms with Crippen LogP contribution in [0.3, 0.4) is 0 Å². The first kappa shape index (κ1) is 19.7. The standard InChI is InChI=1S/C23H28N4O/c1-16(2)15-27-18(4)20(17(3)26-27)14-23(28)25-22-13-9-8-12-21(22)24-19-10-6-5-7-11-19/h5-13,16,24H,14-15H2,1-4H3,(H,25,28). The van der Waals surface area contributed by atoms with E-state index in [4.69, 9.17) is 0 Å². The molecule has 0 bridgehead atoms. The van der Waals surface area contributed by atoms with Crippen LogP contribution in [0.4, 0.5) is 17.1 Å². The van der Waals surface area contributed by atoms with Gasteiger partial charge in [-0.05, 0) is 44.0 Å². The molecule has 0 spiro atoms. The highest BCUT2D eigenvalue weighted by atomic mass is 16.1. The molecular formula is C23H28N4O. The van der Waals surface area contributed by atoms with E-state index in [9.17, 15) is 4.79 Å². The van der Waals surface area contributed by atoms with Crippen molar-refractivity contribution in [1.29, 1.82) is 0 Å². The molecule has 1 heterocycles. The highest BCUT2D eigenvalue weighted by Gasteiger charge is 2.16. The summed E-state index contributed by atoms with van der Waals surface area (Å²) in [4.78, 5) is 12.7. The second-order valence-electron chi connectivity index (χ2n) is 7.49. The molecule has 3 rings (SSSR count). The highest BCUT2D eigenvalue weighted by Crippen LogP contribution is 2.25. The van der Waals surface area contributed by atoms with E-state index < -0.39 is 0 Å². The molecule has 1 aromatic heterocycles. The molecule has 5 heteroatoms. The SMILES string of the molecule is Cc1nn(CC(C)C)c(C)c1CC(=O)Nc1ccccc1Nc1ccccc1. The Labute approximate surface area is 166 Å². The van der Waals surface area contributed by atoms with Gasteiger partial charge in [0, 0.05) is 23.5 Å². The zero-order valence-electron chi connectivity index (χ0n) is 17.0. The maximum Gasteiger partial charge on any atom is 0.228 e. The molecule has 0 fully saturated rings. The maximum absolute atomic E-state index is 12.7. The lowest BCUT2D eigenvalue weighted by Crippen LogP contribution is -2.16. The second-order valence-corrected chi connectivity index (χ2v) is 7.49. The number of rotatable bonds is 7. The number of carbonyl (C=O) groups is 1. The third kappa shape index (κ3) is 4.80. The van der Waals surface area contributed by atoms with Crippen LogP contribution < -0.4 is 10.6 Å². The predicted octanol–water partition coefficient (Wildman–Crippen LogP) is 5.08. The predicted molar refractivity (Wildman–Crippen MR) is 115 cm³/mol. The molecule has 2 aromatic carbocycles. The maximum atomic E-state index is 12.7. The van der Waals surface area contributed by atoms with Crippen molar-refractivity contribution in [3.63, 3.8) is 0 Å². The molecule has 0 atom stereocenters. The van der Waals surface area contributed by atoms with Crippen molar-refractivity contribution < 1.29 is 4.79 Å². The van der Waals surface area contributed by atoms with E-state index in [0.717, 1.165) is 40.6 Å². The van der Waals surface area contributed by atoms with Gasteiger partial charge in [0.25, 0.3) is 0 Å². The van der Waals surface area contributed by atoms with E-state index in [-0.39, 0.29) is 5.91 Å². The zero-order chi connectivity index (χ0) is 20.1. The van der Waals surface area contributed by atoms with Gasteiger partial charge in [0.15, 0.2) is 0 Å². The quantitative estimate of drug-likeness (QED) is 0.604. The van der Waals surface area contributed by atoms with Crippen molar-refractivity contribution in [3.8, 4) is 0 Å². The number of carbonyl (C=O) groups excluding carboxylic acids is 1. The number of anilines is 3. The topological polar surface area (TPSA) is 59.0 Å². The summed E-state index contributed by atoms with van der Waals surface area (Å²) in [6.45, 7) is 9.20. The molecule has 2 N–H and O–H groups in total. The molecule has 1 amide bonds.